The lowest BCUT2D eigenvalue weighted by Crippen LogP contribution is -1.81. The first-order valence-electron chi connectivity index (χ1n) is 9.24. The second-order valence-corrected chi connectivity index (χ2v) is 6.58. The van der Waals surface area contributed by atoms with Crippen LogP contribution in [0.25, 0.3) is 45.6 Å². The molecule has 5 rings (SSSR count). The van der Waals surface area contributed by atoms with Crippen LogP contribution in [-0.2, 0) is 0 Å². The van der Waals surface area contributed by atoms with Crippen LogP contribution < -0.4 is 0 Å². The van der Waals surface area contributed by atoms with Crippen molar-refractivity contribution in [1.82, 2.24) is 9.97 Å². The van der Waals surface area contributed by atoms with Gasteiger partial charge in [-0.25, -0.2) is 4.98 Å². The smallest absolute Gasteiger partial charge is 0.220 e. The molecule has 0 aliphatic carbocycles. The highest BCUT2D eigenvalue weighted by molar-refractivity contribution is 5.91. The predicted octanol–water partition coefficient (Wildman–Crippen LogP) is 6.66. The summed E-state index contributed by atoms with van der Waals surface area (Å²) in [6.45, 7) is 0. The zero-order valence-corrected chi connectivity index (χ0v) is 15.2. The van der Waals surface area contributed by atoms with Gasteiger partial charge in [-0.15, -0.1) is 0 Å². The van der Waals surface area contributed by atoms with Crippen LogP contribution in [-0.4, -0.2) is 9.97 Å². The van der Waals surface area contributed by atoms with Gasteiger partial charge in [-0.05, 0) is 17.7 Å². The maximum Gasteiger partial charge on any atom is 0.220 e. The largest absolute Gasteiger partial charge is 0.436 e. The van der Waals surface area contributed by atoms with E-state index in [0.717, 1.165) is 33.7 Å². The molecule has 3 nitrogen and oxygen atoms in total. The Morgan fingerprint density at radius 3 is 2.18 bits per heavy atom. The highest BCUT2D eigenvalue weighted by Crippen LogP contribution is 2.33. The summed E-state index contributed by atoms with van der Waals surface area (Å²) in [5.74, 6) is 1.37. The molecule has 2 heterocycles. The molecule has 0 spiro atoms. The van der Waals surface area contributed by atoms with Crippen LogP contribution in [0.4, 0.5) is 0 Å². The first-order chi connectivity index (χ1) is 13.9. The third-order valence-electron chi connectivity index (χ3n) is 4.75. The number of rotatable bonds is 4. The van der Waals surface area contributed by atoms with Crippen LogP contribution >= 0.6 is 0 Å². The molecular weight excluding hydrogens is 344 g/mol. The van der Waals surface area contributed by atoms with Gasteiger partial charge in [-0.3, -0.25) is 0 Å². The van der Waals surface area contributed by atoms with Crippen molar-refractivity contribution >= 4 is 23.1 Å². The highest BCUT2D eigenvalue weighted by atomic mass is 16.4. The number of nitrogens with zero attached hydrogens (tertiary/aromatic N) is 1. The first-order valence-corrected chi connectivity index (χ1v) is 9.24. The molecule has 3 heteroatoms. The Kier molecular flexibility index (Phi) is 4.11. The van der Waals surface area contributed by atoms with Crippen molar-refractivity contribution in [1.29, 1.82) is 0 Å². The van der Waals surface area contributed by atoms with E-state index in [1.807, 2.05) is 79.0 Å². The standard InChI is InChI=1S/C25H18N2O/c1-3-9-18(10-4-1)24-25(19-11-5-2-6-12-19)28-23(27-24)16-15-20-17-26-22-14-8-7-13-21(20)22/h1-17,26H. The minimum Gasteiger partial charge on any atom is -0.436 e. The quantitative estimate of drug-likeness (QED) is 0.388. The topological polar surface area (TPSA) is 41.8 Å². The van der Waals surface area contributed by atoms with Crippen molar-refractivity contribution in [3.05, 3.63) is 103 Å². The number of para-hydroxylation sites is 1. The van der Waals surface area contributed by atoms with Crippen molar-refractivity contribution in [2.45, 2.75) is 0 Å². The molecule has 0 amide bonds. The van der Waals surface area contributed by atoms with Gasteiger partial charge in [0, 0.05) is 34.3 Å². The molecular formula is C25H18N2O. The fraction of sp³-hybridized carbons (Fsp3) is 0. The lowest BCUT2D eigenvalue weighted by Gasteiger charge is -2.00. The van der Waals surface area contributed by atoms with Crippen LogP contribution in [0.5, 0.6) is 0 Å². The van der Waals surface area contributed by atoms with Crippen molar-refractivity contribution in [2.24, 2.45) is 0 Å². The average molecular weight is 362 g/mol. The zero-order chi connectivity index (χ0) is 18.8. The van der Waals surface area contributed by atoms with Gasteiger partial charge in [0.05, 0.1) is 0 Å². The Labute approximate surface area is 163 Å². The molecule has 0 aliphatic rings. The Morgan fingerprint density at radius 2 is 1.39 bits per heavy atom. The summed E-state index contributed by atoms with van der Waals surface area (Å²) in [6.07, 6.45) is 5.96. The van der Waals surface area contributed by atoms with Gasteiger partial charge in [-0.2, -0.15) is 0 Å². The summed E-state index contributed by atoms with van der Waals surface area (Å²) in [5.41, 5.74) is 5.13. The maximum atomic E-state index is 6.16. The van der Waals surface area contributed by atoms with Gasteiger partial charge in [0.2, 0.25) is 5.89 Å². The number of nitrogens with one attached hydrogen (secondary N) is 1. The Hall–Kier alpha value is -3.85. The van der Waals surface area contributed by atoms with Gasteiger partial charge in [-0.1, -0.05) is 78.9 Å². The van der Waals surface area contributed by atoms with Crippen molar-refractivity contribution in [2.75, 3.05) is 0 Å². The monoisotopic (exact) mass is 362 g/mol. The molecule has 5 aromatic rings. The molecule has 0 radical (unpaired) electrons. The van der Waals surface area contributed by atoms with Crippen molar-refractivity contribution in [3.63, 3.8) is 0 Å². The molecule has 0 fully saturated rings. The molecule has 134 valence electrons. The van der Waals surface area contributed by atoms with E-state index in [4.69, 9.17) is 9.40 Å². The molecule has 0 unspecified atom stereocenters. The Bertz CT molecular complexity index is 1190. The van der Waals surface area contributed by atoms with Gasteiger partial charge >= 0.3 is 0 Å². The predicted molar refractivity (Wildman–Crippen MR) is 115 cm³/mol. The SMILES string of the molecule is C(=Cc1c[nH]c2ccccc12)c1nc(-c2ccccc2)c(-c2ccccc2)o1. The van der Waals surface area contributed by atoms with E-state index in [-0.39, 0.29) is 0 Å². The number of benzene rings is 3. The fourth-order valence-electron chi connectivity index (χ4n) is 3.38. The highest BCUT2D eigenvalue weighted by Gasteiger charge is 2.15. The number of oxazole rings is 1. The molecule has 2 aromatic heterocycles. The summed E-state index contributed by atoms with van der Waals surface area (Å²) in [5, 5.41) is 1.18. The molecule has 0 atom stereocenters. The number of aromatic amines is 1. The number of hydrogen-bond donors (Lipinski definition) is 1. The molecule has 1 N–H and O–H groups in total. The minimum atomic E-state index is 0.586. The average Bonchev–Trinajstić information content (AvgIpc) is 3.38. The second kappa shape index (κ2) is 7.05. The number of aromatic nitrogens is 2. The summed E-state index contributed by atoms with van der Waals surface area (Å²) < 4.78 is 6.16. The molecule has 0 saturated heterocycles. The van der Waals surface area contributed by atoms with Crippen LogP contribution in [0.1, 0.15) is 11.5 Å². The van der Waals surface area contributed by atoms with E-state index >= 15 is 0 Å². The lowest BCUT2D eigenvalue weighted by atomic mass is 10.1. The maximum absolute atomic E-state index is 6.16. The second-order valence-electron chi connectivity index (χ2n) is 6.58. The van der Waals surface area contributed by atoms with Crippen LogP contribution in [0.15, 0.2) is 95.5 Å². The van der Waals surface area contributed by atoms with Crippen LogP contribution in [0.3, 0.4) is 0 Å². The van der Waals surface area contributed by atoms with E-state index in [2.05, 4.69) is 29.2 Å². The fourth-order valence-corrected chi connectivity index (χ4v) is 3.38. The number of fused-ring (bicyclic) bond motifs is 1. The van der Waals surface area contributed by atoms with Gasteiger partial charge in [0.1, 0.15) is 5.69 Å². The molecule has 0 saturated carbocycles. The minimum absolute atomic E-state index is 0.586. The lowest BCUT2D eigenvalue weighted by molar-refractivity contribution is 0.561. The van der Waals surface area contributed by atoms with Gasteiger partial charge in [0.15, 0.2) is 5.76 Å². The van der Waals surface area contributed by atoms with Crippen molar-refractivity contribution in [3.8, 4) is 22.6 Å². The van der Waals surface area contributed by atoms with Gasteiger partial charge < -0.3 is 9.40 Å². The van der Waals surface area contributed by atoms with Gasteiger partial charge in [0.25, 0.3) is 0 Å². The summed E-state index contributed by atoms with van der Waals surface area (Å²) >= 11 is 0. The molecule has 3 aromatic carbocycles. The third kappa shape index (κ3) is 3.03. The summed E-state index contributed by atoms with van der Waals surface area (Å²) in [4.78, 5) is 8.06. The number of H-pyrrole nitrogens is 1. The first kappa shape index (κ1) is 16.3. The zero-order valence-electron chi connectivity index (χ0n) is 15.2. The Balaban J connectivity index is 1.58. The van der Waals surface area contributed by atoms with Crippen LogP contribution in [0, 0.1) is 0 Å². The summed E-state index contributed by atoms with van der Waals surface area (Å²) in [7, 11) is 0. The summed E-state index contributed by atoms with van der Waals surface area (Å²) in [6, 6.07) is 28.5. The van der Waals surface area contributed by atoms with Crippen LogP contribution in [0.2, 0.25) is 0 Å². The normalized spacial score (nSPS) is 11.4. The molecule has 0 bridgehead atoms. The molecule has 28 heavy (non-hydrogen) atoms. The van der Waals surface area contributed by atoms with E-state index < -0.39 is 0 Å². The van der Waals surface area contributed by atoms with E-state index in [1.54, 1.807) is 0 Å². The van der Waals surface area contributed by atoms with Crippen molar-refractivity contribution < 1.29 is 4.42 Å². The van der Waals surface area contributed by atoms with E-state index in [9.17, 15) is 0 Å². The third-order valence-corrected chi connectivity index (χ3v) is 4.75. The molecule has 0 aliphatic heterocycles. The Morgan fingerprint density at radius 1 is 0.714 bits per heavy atom. The van der Waals surface area contributed by atoms with E-state index in [1.165, 1.54) is 5.39 Å². The number of hydrogen-bond acceptors (Lipinski definition) is 2. The van der Waals surface area contributed by atoms with E-state index in [0.29, 0.717) is 5.89 Å².